The van der Waals surface area contributed by atoms with Crippen LogP contribution in [0, 0.1) is 0 Å². The molecule has 1 fully saturated rings. The average Bonchev–Trinajstić information content (AvgIpc) is 2.38. The van der Waals surface area contributed by atoms with Gasteiger partial charge < -0.3 is 10.1 Å². The first-order valence-electron chi connectivity index (χ1n) is 8.07. The van der Waals surface area contributed by atoms with E-state index in [1.54, 1.807) is 0 Å². The van der Waals surface area contributed by atoms with Crippen LogP contribution in [0.5, 0.6) is 0 Å². The van der Waals surface area contributed by atoms with Crippen LogP contribution in [-0.4, -0.2) is 24.8 Å². The third kappa shape index (κ3) is 6.19. The van der Waals surface area contributed by atoms with Crippen molar-refractivity contribution < 1.29 is 4.74 Å². The van der Waals surface area contributed by atoms with Gasteiger partial charge in [0.05, 0.1) is 5.60 Å². The SMILES string of the molecule is CCCCCCCCNC1CCOC(C)(CC)C1. The third-order valence-electron chi connectivity index (χ3n) is 4.31. The highest BCUT2D eigenvalue weighted by atomic mass is 16.5. The van der Waals surface area contributed by atoms with Crippen LogP contribution in [0.25, 0.3) is 0 Å². The minimum Gasteiger partial charge on any atom is -0.375 e. The molecule has 18 heavy (non-hydrogen) atoms. The Bertz CT molecular complexity index is 207. The van der Waals surface area contributed by atoms with Gasteiger partial charge in [0.15, 0.2) is 0 Å². The molecule has 0 aromatic heterocycles. The zero-order chi connectivity index (χ0) is 13.3. The standard InChI is InChI=1S/C16H33NO/c1-4-6-7-8-9-10-12-17-15-11-13-18-16(3,5-2)14-15/h15,17H,4-14H2,1-3H3. The summed E-state index contributed by atoms with van der Waals surface area (Å²) >= 11 is 0. The van der Waals surface area contributed by atoms with Crippen LogP contribution >= 0.6 is 0 Å². The maximum atomic E-state index is 5.88. The molecular weight excluding hydrogens is 222 g/mol. The van der Waals surface area contributed by atoms with Gasteiger partial charge in [0.25, 0.3) is 0 Å². The number of rotatable bonds is 9. The zero-order valence-electron chi connectivity index (χ0n) is 12.8. The Kier molecular flexibility index (Phi) is 7.92. The second-order valence-electron chi connectivity index (χ2n) is 6.06. The smallest absolute Gasteiger partial charge is 0.0666 e. The molecule has 108 valence electrons. The molecule has 1 rings (SSSR count). The summed E-state index contributed by atoms with van der Waals surface area (Å²) in [6.45, 7) is 8.88. The zero-order valence-corrected chi connectivity index (χ0v) is 12.8. The first-order chi connectivity index (χ1) is 8.70. The van der Waals surface area contributed by atoms with E-state index in [1.807, 2.05) is 0 Å². The predicted molar refractivity (Wildman–Crippen MR) is 79.0 cm³/mol. The summed E-state index contributed by atoms with van der Waals surface area (Å²) in [7, 11) is 0. The minimum atomic E-state index is 0.122. The van der Waals surface area contributed by atoms with E-state index in [4.69, 9.17) is 4.74 Å². The fraction of sp³-hybridized carbons (Fsp3) is 1.00. The number of ether oxygens (including phenoxy) is 1. The molecular formula is C16H33NO. The summed E-state index contributed by atoms with van der Waals surface area (Å²) in [6, 6.07) is 0.680. The van der Waals surface area contributed by atoms with E-state index < -0.39 is 0 Å². The van der Waals surface area contributed by atoms with Gasteiger partial charge in [-0.3, -0.25) is 0 Å². The van der Waals surface area contributed by atoms with Crippen molar-refractivity contribution >= 4 is 0 Å². The van der Waals surface area contributed by atoms with Gasteiger partial charge in [-0.1, -0.05) is 46.0 Å². The van der Waals surface area contributed by atoms with E-state index in [-0.39, 0.29) is 5.60 Å². The van der Waals surface area contributed by atoms with Gasteiger partial charge in [-0.15, -0.1) is 0 Å². The van der Waals surface area contributed by atoms with Crippen molar-refractivity contribution in [2.75, 3.05) is 13.2 Å². The summed E-state index contributed by atoms with van der Waals surface area (Å²) < 4.78 is 5.88. The van der Waals surface area contributed by atoms with Gasteiger partial charge in [-0.2, -0.15) is 0 Å². The van der Waals surface area contributed by atoms with Crippen LogP contribution in [0.4, 0.5) is 0 Å². The first-order valence-corrected chi connectivity index (χ1v) is 8.07. The number of unbranched alkanes of at least 4 members (excludes halogenated alkanes) is 5. The maximum absolute atomic E-state index is 5.88. The highest BCUT2D eigenvalue weighted by molar-refractivity contribution is 4.85. The van der Waals surface area contributed by atoms with E-state index in [9.17, 15) is 0 Å². The van der Waals surface area contributed by atoms with Crippen LogP contribution < -0.4 is 5.32 Å². The lowest BCUT2D eigenvalue weighted by atomic mass is 9.90. The van der Waals surface area contributed by atoms with Crippen molar-refractivity contribution in [2.45, 2.75) is 90.2 Å². The van der Waals surface area contributed by atoms with Gasteiger partial charge in [-0.25, -0.2) is 0 Å². The molecule has 2 heteroatoms. The monoisotopic (exact) mass is 255 g/mol. The Balaban J connectivity index is 2.01. The van der Waals surface area contributed by atoms with E-state index in [2.05, 4.69) is 26.1 Å². The Morgan fingerprint density at radius 2 is 1.83 bits per heavy atom. The molecule has 0 aromatic rings. The normalized spacial score (nSPS) is 28.5. The summed E-state index contributed by atoms with van der Waals surface area (Å²) in [5, 5.41) is 3.72. The molecule has 1 saturated heterocycles. The molecule has 0 bridgehead atoms. The van der Waals surface area contributed by atoms with Crippen LogP contribution in [0.15, 0.2) is 0 Å². The van der Waals surface area contributed by atoms with Gasteiger partial charge in [0.2, 0.25) is 0 Å². The predicted octanol–water partition coefficient (Wildman–Crippen LogP) is 4.28. The third-order valence-corrected chi connectivity index (χ3v) is 4.31. The fourth-order valence-electron chi connectivity index (χ4n) is 2.76. The van der Waals surface area contributed by atoms with Crippen molar-refractivity contribution in [3.63, 3.8) is 0 Å². The molecule has 0 saturated carbocycles. The van der Waals surface area contributed by atoms with Crippen molar-refractivity contribution in [3.8, 4) is 0 Å². The Morgan fingerprint density at radius 1 is 1.11 bits per heavy atom. The number of hydrogen-bond donors (Lipinski definition) is 1. The van der Waals surface area contributed by atoms with Crippen LogP contribution in [0.1, 0.15) is 78.6 Å². The highest BCUT2D eigenvalue weighted by Crippen LogP contribution is 2.27. The van der Waals surface area contributed by atoms with Crippen LogP contribution in [0.3, 0.4) is 0 Å². The second-order valence-corrected chi connectivity index (χ2v) is 6.06. The molecule has 2 unspecified atom stereocenters. The first kappa shape index (κ1) is 16.0. The largest absolute Gasteiger partial charge is 0.375 e. The Hall–Kier alpha value is -0.0800. The Labute approximate surface area is 114 Å². The van der Waals surface area contributed by atoms with Crippen LogP contribution in [-0.2, 0) is 4.74 Å². The van der Waals surface area contributed by atoms with Gasteiger partial charge in [-0.05, 0) is 39.2 Å². The highest BCUT2D eigenvalue weighted by Gasteiger charge is 2.30. The van der Waals surface area contributed by atoms with Crippen molar-refractivity contribution in [3.05, 3.63) is 0 Å². The molecule has 1 heterocycles. The molecule has 2 nitrogen and oxygen atoms in total. The molecule has 0 aromatic carbocycles. The number of nitrogens with one attached hydrogen (secondary N) is 1. The van der Waals surface area contributed by atoms with Gasteiger partial charge >= 0.3 is 0 Å². The molecule has 0 amide bonds. The molecule has 0 aliphatic carbocycles. The van der Waals surface area contributed by atoms with Crippen molar-refractivity contribution in [1.29, 1.82) is 0 Å². The van der Waals surface area contributed by atoms with Gasteiger partial charge in [0.1, 0.15) is 0 Å². The summed E-state index contributed by atoms with van der Waals surface area (Å²) in [6.07, 6.45) is 11.8. The Morgan fingerprint density at radius 3 is 2.56 bits per heavy atom. The maximum Gasteiger partial charge on any atom is 0.0666 e. The van der Waals surface area contributed by atoms with E-state index in [0.29, 0.717) is 6.04 Å². The lowest BCUT2D eigenvalue weighted by Gasteiger charge is -2.38. The minimum absolute atomic E-state index is 0.122. The molecule has 1 aliphatic rings. The summed E-state index contributed by atoms with van der Waals surface area (Å²) in [4.78, 5) is 0. The summed E-state index contributed by atoms with van der Waals surface area (Å²) in [5.74, 6) is 0. The molecule has 1 aliphatic heterocycles. The van der Waals surface area contributed by atoms with Crippen LogP contribution in [0.2, 0.25) is 0 Å². The second kappa shape index (κ2) is 8.92. The molecule has 0 spiro atoms. The van der Waals surface area contributed by atoms with Gasteiger partial charge in [0, 0.05) is 12.6 Å². The molecule has 1 N–H and O–H groups in total. The van der Waals surface area contributed by atoms with Crippen molar-refractivity contribution in [2.24, 2.45) is 0 Å². The number of hydrogen-bond acceptors (Lipinski definition) is 2. The fourth-order valence-corrected chi connectivity index (χ4v) is 2.76. The average molecular weight is 255 g/mol. The topological polar surface area (TPSA) is 21.3 Å². The van der Waals surface area contributed by atoms with E-state index >= 15 is 0 Å². The van der Waals surface area contributed by atoms with E-state index in [0.717, 1.165) is 13.0 Å². The quantitative estimate of drug-likeness (QED) is 0.621. The lowest BCUT2D eigenvalue weighted by Crippen LogP contribution is -2.45. The summed E-state index contributed by atoms with van der Waals surface area (Å²) in [5.41, 5.74) is 0.122. The molecule has 2 atom stereocenters. The lowest BCUT2D eigenvalue weighted by molar-refractivity contribution is -0.0778. The van der Waals surface area contributed by atoms with E-state index in [1.165, 1.54) is 57.9 Å². The van der Waals surface area contributed by atoms with Crippen molar-refractivity contribution in [1.82, 2.24) is 5.32 Å². The molecule has 0 radical (unpaired) electrons.